The van der Waals surface area contributed by atoms with Gasteiger partial charge in [0, 0.05) is 18.3 Å². The van der Waals surface area contributed by atoms with Gasteiger partial charge >= 0.3 is 0 Å². The summed E-state index contributed by atoms with van der Waals surface area (Å²) in [6.45, 7) is 12.4. The number of ether oxygens (including phenoxy) is 1. The van der Waals surface area contributed by atoms with Crippen molar-refractivity contribution in [2.45, 2.75) is 71.5 Å². The minimum absolute atomic E-state index is 0.0711. The molecule has 2 fully saturated rings. The number of ketones is 2. The molecule has 0 unspecified atom stereocenters. The summed E-state index contributed by atoms with van der Waals surface area (Å²) in [6.07, 6.45) is 5.54. The number of epoxide rings is 1. The van der Waals surface area contributed by atoms with Gasteiger partial charge in [0.25, 0.3) is 0 Å². The maximum absolute atomic E-state index is 12.7. The molecule has 23 heavy (non-hydrogen) atoms. The average molecular weight is 316 g/mol. The molecular formula is C20H28O3. The van der Waals surface area contributed by atoms with Crippen LogP contribution in [0, 0.1) is 17.3 Å². The smallest absolute Gasteiger partial charge is 0.158 e. The molecule has 3 rings (SSSR count). The molecule has 1 saturated carbocycles. The van der Waals surface area contributed by atoms with Gasteiger partial charge in [-0.3, -0.25) is 9.59 Å². The normalized spacial score (nSPS) is 43.5. The molecule has 3 aliphatic rings. The van der Waals surface area contributed by atoms with Gasteiger partial charge in [-0.1, -0.05) is 39.0 Å². The molecule has 1 heterocycles. The average Bonchev–Trinajstić information content (AvgIpc) is 3.06. The largest absolute Gasteiger partial charge is 0.364 e. The maximum atomic E-state index is 12.7. The zero-order valence-electron chi connectivity index (χ0n) is 14.8. The minimum Gasteiger partial charge on any atom is -0.364 e. The Labute approximate surface area is 139 Å². The molecule has 3 heteroatoms. The highest BCUT2D eigenvalue weighted by atomic mass is 16.6. The molecule has 1 spiro atoms. The van der Waals surface area contributed by atoms with Crippen molar-refractivity contribution in [1.29, 1.82) is 0 Å². The fourth-order valence-corrected chi connectivity index (χ4v) is 5.00. The number of carbonyl (C=O) groups is 2. The van der Waals surface area contributed by atoms with E-state index >= 15 is 0 Å². The molecule has 2 aliphatic carbocycles. The fourth-order valence-electron chi connectivity index (χ4n) is 5.00. The van der Waals surface area contributed by atoms with Crippen molar-refractivity contribution < 1.29 is 14.3 Å². The summed E-state index contributed by atoms with van der Waals surface area (Å²) in [7, 11) is 0. The van der Waals surface area contributed by atoms with E-state index in [1.807, 2.05) is 0 Å². The number of allylic oxidation sites excluding steroid dienone is 2. The standard InChI is InChI=1S/C20H28O3/c1-12(2)18-16(22)11-19(5)10-15(21)14(4)8-6-7-13(3)9-17-20(18,19)23-17/h7,12,17-18H,4,6,8-11H2,1-3,5H3/b13-7-/t17-,18+,19+,20+/m1/s1. The van der Waals surface area contributed by atoms with Crippen molar-refractivity contribution in [2.75, 3.05) is 0 Å². The first kappa shape index (κ1) is 16.6. The molecule has 0 bridgehead atoms. The third-order valence-corrected chi connectivity index (χ3v) is 6.13. The lowest BCUT2D eigenvalue weighted by Crippen LogP contribution is -2.41. The van der Waals surface area contributed by atoms with E-state index in [1.54, 1.807) is 0 Å². The van der Waals surface area contributed by atoms with E-state index in [9.17, 15) is 9.59 Å². The molecule has 4 atom stereocenters. The lowest BCUT2D eigenvalue weighted by atomic mass is 9.68. The van der Waals surface area contributed by atoms with Gasteiger partial charge in [-0.25, -0.2) is 0 Å². The highest BCUT2D eigenvalue weighted by Gasteiger charge is 2.76. The quantitative estimate of drug-likeness (QED) is 0.417. The molecule has 0 N–H and O–H groups in total. The van der Waals surface area contributed by atoms with E-state index in [2.05, 4.69) is 40.3 Å². The number of carbonyl (C=O) groups excluding carboxylic acids is 2. The van der Waals surface area contributed by atoms with Crippen molar-refractivity contribution in [3.05, 3.63) is 23.8 Å². The van der Waals surface area contributed by atoms with Crippen LogP contribution < -0.4 is 0 Å². The maximum Gasteiger partial charge on any atom is 0.158 e. The predicted octanol–water partition coefficient (Wildman–Crippen LogP) is 4.02. The van der Waals surface area contributed by atoms with Crippen LogP contribution >= 0.6 is 0 Å². The fraction of sp³-hybridized carbons (Fsp3) is 0.700. The monoisotopic (exact) mass is 316 g/mol. The van der Waals surface area contributed by atoms with E-state index in [-0.39, 0.29) is 29.5 Å². The van der Waals surface area contributed by atoms with Gasteiger partial charge in [-0.2, -0.15) is 0 Å². The van der Waals surface area contributed by atoms with Crippen LogP contribution in [0.5, 0.6) is 0 Å². The summed E-state index contributed by atoms with van der Waals surface area (Å²) in [4.78, 5) is 25.4. The van der Waals surface area contributed by atoms with Crippen LogP contribution in [-0.4, -0.2) is 23.3 Å². The van der Waals surface area contributed by atoms with Gasteiger partial charge in [0.15, 0.2) is 5.78 Å². The third-order valence-electron chi connectivity index (χ3n) is 6.13. The van der Waals surface area contributed by atoms with Crippen molar-refractivity contribution in [3.8, 4) is 0 Å². The predicted molar refractivity (Wildman–Crippen MR) is 90.0 cm³/mol. The second-order valence-corrected chi connectivity index (χ2v) is 8.32. The molecule has 0 aromatic heterocycles. The lowest BCUT2D eigenvalue weighted by Gasteiger charge is -2.32. The first-order valence-corrected chi connectivity index (χ1v) is 8.78. The van der Waals surface area contributed by atoms with Gasteiger partial charge in [0.05, 0.1) is 12.0 Å². The highest BCUT2D eigenvalue weighted by Crippen LogP contribution is 2.66. The Balaban J connectivity index is 2.03. The second kappa shape index (κ2) is 5.41. The zero-order chi connectivity index (χ0) is 17.0. The summed E-state index contributed by atoms with van der Waals surface area (Å²) < 4.78 is 6.26. The molecule has 0 radical (unpaired) electrons. The third kappa shape index (κ3) is 2.44. The van der Waals surface area contributed by atoms with Gasteiger partial charge in [0.2, 0.25) is 0 Å². The Kier molecular flexibility index (Phi) is 3.91. The Morgan fingerprint density at radius 1 is 1.30 bits per heavy atom. The minimum atomic E-state index is -0.451. The van der Waals surface area contributed by atoms with Gasteiger partial charge in [-0.15, -0.1) is 0 Å². The summed E-state index contributed by atoms with van der Waals surface area (Å²) in [5.41, 5.74) is 1.13. The van der Waals surface area contributed by atoms with Crippen LogP contribution in [0.4, 0.5) is 0 Å². The summed E-state index contributed by atoms with van der Waals surface area (Å²) in [5.74, 6) is 0.516. The van der Waals surface area contributed by atoms with Crippen molar-refractivity contribution in [2.24, 2.45) is 17.3 Å². The highest BCUT2D eigenvalue weighted by molar-refractivity contribution is 5.97. The molecular weight excluding hydrogens is 288 g/mol. The molecule has 3 nitrogen and oxygen atoms in total. The van der Waals surface area contributed by atoms with Crippen LogP contribution in [0.2, 0.25) is 0 Å². The van der Waals surface area contributed by atoms with E-state index in [0.29, 0.717) is 24.8 Å². The Morgan fingerprint density at radius 3 is 2.65 bits per heavy atom. The Hall–Kier alpha value is -1.22. The van der Waals surface area contributed by atoms with E-state index in [0.717, 1.165) is 12.8 Å². The number of hydrogen-bond donors (Lipinski definition) is 0. The van der Waals surface area contributed by atoms with Crippen LogP contribution in [0.1, 0.15) is 59.8 Å². The first-order valence-electron chi connectivity index (χ1n) is 8.78. The Bertz CT molecular complexity index is 600. The molecule has 126 valence electrons. The van der Waals surface area contributed by atoms with Crippen LogP contribution in [0.25, 0.3) is 0 Å². The molecule has 1 saturated heterocycles. The number of rotatable bonds is 1. The molecule has 0 aromatic rings. The summed E-state index contributed by atoms with van der Waals surface area (Å²) in [5, 5.41) is 0. The number of hydrogen-bond acceptors (Lipinski definition) is 3. The topological polar surface area (TPSA) is 46.7 Å². The van der Waals surface area contributed by atoms with Crippen molar-refractivity contribution in [1.82, 2.24) is 0 Å². The Morgan fingerprint density at radius 2 is 2.00 bits per heavy atom. The lowest BCUT2D eigenvalue weighted by molar-refractivity contribution is -0.122. The molecule has 1 aliphatic heterocycles. The first-order chi connectivity index (χ1) is 10.7. The van der Waals surface area contributed by atoms with Gasteiger partial charge in [-0.05, 0) is 37.7 Å². The van der Waals surface area contributed by atoms with Crippen LogP contribution in [-0.2, 0) is 14.3 Å². The van der Waals surface area contributed by atoms with Gasteiger partial charge < -0.3 is 4.74 Å². The van der Waals surface area contributed by atoms with Crippen molar-refractivity contribution in [3.63, 3.8) is 0 Å². The van der Waals surface area contributed by atoms with Gasteiger partial charge in [0.1, 0.15) is 11.4 Å². The van der Waals surface area contributed by atoms with Crippen LogP contribution in [0.15, 0.2) is 23.8 Å². The summed E-state index contributed by atoms with van der Waals surface area (Å²) in [6, 6.07) is 0. The molecule has 0 aromatic carbocycles. The van der Waals surface area contributed by atoms with E-state index < -0.39 is 11.0 Å². The molecule has 0 amide bonds. The number of Topliss-reactive ketones (excluding diaryl/α,β-unsaturated/α-hetero) is 2. The van der Waals surface area contributed by atoms with Crippen molar-refractivity contribution >= 4 is 11.6 Å². The SMILES string of the molecule is C=C1CC/C=C(/C)C[C@H]2O[C@]23[C@@H](C(C)C)C(=O)C[C@]3(C)CC1=O. The zero-order valence-corrected chi connectivity index (χ0v) is 14.8. The summed E-state index contributed by atoms with van der Waals surface area (Å²) >= 11 is 0. The van der Waals surface area contributed by atoms with E-state index in [4.69, 9.17) is 4.74 Å². The van der Waals surface area contributed by atoms with Crippen LogP contribution in [0.3, 0.4) is 0 Å². The second-order valence-electron chi connectivity index (χ2n) is 8.32. The van der Waals surface area contributed by atoms with E-state index in [1.165, 1.54) is 5.57 Å².